The highest BCUT2D eigenvalue weighted by atomic mass is 19.4. The van der Waals surface area contributed by atoms with Crippen LogP contribution in [-0.2, 0) is 11.0 Å². The lowest BCUT2D eigenvalue weighted by atomic mass is 9.87. The molecule has 0 bridgehead atoms. The first kappa shape index (κ1) is 26.6. The largest absolute Gasteiger partial charge is 0.493 e. The van der Waals surface area contributed by atoms with E-state index >= 15 is 0 Å². The van der Waals surface area contributed by atoms with Crippen molar-refractivity contribution in [2.45, 2.75) is 37.8 Å². The zero-order chi connectivity index (χ0) is 27.7. The lowest BCUT2D eigenvalue weighted by molar-refractivity contribution is -0.137. The molecule has 10 heteroatoms. The van der Waals surface area contributed by atoms with Gasteiger partial charge in [0.25, 0.3) is 0 Å². The second-order valence-electron chi connectivity index (χ2n) is 10.9. The van der Waals surface area contributed by atoms with Crippen LogP contribution in [0.25, 0.3) is 21.9 Å². The van der Waals surface area contributed by atoms with Gasteiger partial charge in [0.1, 0.15) is 5.75 Å². The van der Waals surface area contributed by atoms with E-state index < -0.39 is 11.7 Å². The first-order chi connectivity index (χ1) is 19.3. The minimum atomic E-state index is -4.36. The third-order valence-electron chi connectivity index (χ3n) is 8.25. The SMILES string of the molecule is O=C(CN1CCC(c2cc[nH]c3cnc4nccc4c23)CC1)N1CCCC(COc2ccc(C(F)(F)F)cc2)C1. The molecule has 2 saturated heterocycles. The number of H-pyrrole nitrogens is 1. The summed E-state index contributed by atoms with van der Waals surface area (Å²) in [5.74, 6) is 1.11. The number of benzene rings is 1. The van der Waals surface area contributed by atoms with Crippen molar-refractivity contribution < 1.29 is 22.7 Å². The minimum absolute atomic E-state index is 0.132. The summed E-state index contributed by atoms with van der Waals surface area (Å²) in [7, 11) is 0. The van der Waals surface area contributed by atoms with E-state index in [1.54, 1.807) is 6.20 Å². The number of halogens is 3. The molecule has 2 fully saturated rings. The highest BCUT2D eigenvalue weighted by Gasteiger charge is 2.31. The van der Waals surface area contributed by atoms with E-state index in [0.717, 1.165) is 74.0 Å². The highest BCUT2D eigenvalue weighted by molar-refractivity contribution is 6.05. The average molecular weight is 552 g/mol. The molecule has 1 amide bonds. The third kappa shape index (κ3) is 5.63. The van der Waals surface area contributed by atoms with Gasteiger partial charge in [-0.3, -0.25) is 9.69 Å². The van der Waals surface area contributed by atoms with Crippen LogP contribution in [0.2, 0.25) is 0 Å². The van der Waals surface area contributed by atoms with Crippen molar-refractivity contribution in [2.75, 3.05) is 39.3 Å². The molecule has 7 nitrogen and oxygen atoms in total. The van der Waals surface area contributed by atoms with Crippen LogP contribution >= 0.6 is 0 Å². The van der Waals surface area contributed by atoms with Gasteiger partial charge in [-0.25, -0.2) is 9.97 Å². The Balaban J connectivity index is 1.01. The Labute approximate surface area is 230 Å². The van der Waals surface area contributed by atoms with E-state index in [1.807, 2.05) is 23.4 Å². The van der Waals surface area contributed by atoms with Crippen molar-refractivity contribution in [1.29, 1.82) is 0 Å². The Hall–Kier alpha value is -3.66. The lowest BCUT2D eigenvalue weighted by Crippen LogP contribution is -2.47. The third-order valence-corrected chi connectivity index (χ3v) is 8.25. The Bertz CT molecular complexity index is 1480. The van der Waals surface area contributed by atoms with Gasteiger partial charge in [0.2, 0.25) is 5.91 Å². The topological polar surface area (TPSA) is 74.4 Å². The first-order valence-corrected chi connectivity index (χ1v) is 13.9. The lowest BCUT2D eigenvalue weighted by Gasteiger charge is -2.36. The molecular formula is C30H32F3N5O2. The summed E-state index contributed by atoms with van der Waals surface area (Å²) >= 11 is 0. The number of hydrogen-bond acceptors (Lipinski definition) is 5. The van der Waals surface area contributed by atoms with Crippen molar-refractivity contribution in [2.24, 2.45) is 5.92 Å². The fourth-order valence-corrected chi connectivity index (χ4v) is 6.10. The molecule has 5 heterocycles. The Morgan fingerprint density at radius 1 is 1.02 bits per heavy atom. The first-order valence-electron chi connectivity index (χ1n) is 13.9. The van der Waals surface area contributed by atoms with Crippen LogP contribution in [-0.4, -0.2) is 70.0 Å². The second-order valence-corrected chi connectivity index (χ2v) is 10.9. The number of amides is 1. The number of nitrogens with one attached hydrogen (secondary N) is 1. The van der Waals surface area contributed by atoms with Crippen LogP contribution < -0.4 is 4.74 Å². The molecule has 1 unspecified atom stereocenters. The van der Waals surface area contributed by atoms with E-state index in [9.17, 15) is 18.0 Å². The number of hydrogen-bond donors (Lipinski definition) is 1. The molecule has 4 aromatic rings. The maximum atomic E-state index is 13.2. The predicted octanol–water partition coefficient (Wildman–Crippen LogP) is 5.63. The predicted molar refractivity (Wildman–Crippen MR) is 146 cm³/mol. The molecule has 1 N–H and O–H groups in total. The van der Waals surface area contributed by atoms with Crippen LogP contribution in [0.4, 0.5) is 13.2 Å². The van der Waals surface area contributed by atoms with Crippen LogP contribution in [0.15, 0.2) is 55.0 Å². The molecule has 0 spiro atoms. The molecule has 3 aromatic heterocycles. The maximum Gasteiger partial charge on any atom is 0.416 e. The molecular weight excluding hydrogens is 519 g/mol. The zero-order valence-corrected chi connectivity index (χ0v) is 22.2. The second kappa shape index (κ2) is 11.1. The van der Waals surface area contributed by atoms with Crippen molar-refractivity contribution in [1.82, 2.24) is 24.8 Å². The van der Waals surface area contributed by atoms with Crippen molar-refractivity contribution >= 4 is 27.8 Å². The van der Waals surface area contributed by atoms with Gasteiger partial charge in [0.15, 0.2) is 5.65 Å². The quantitative estimate of drug-likeness (QED) is 0.336. The summed E-state index contributed by atoms with van der Waals surface area (Å²) in [6.07, 6.45) is 5.05. The molecule has 0 aliphatic carbocycles. The van der Waals surface area contributed by atoms with Crippen LogP contribution in [0.1, 0.15) is 42.7 Å². The average Bonchev–Trinajstić information content (AvgIpc) is 3.46. The smallest absolute Gasteiger partial charge is 0.416 e. The van der Waals surface area contributed by atoms with Gasteiger partial charge in [-0.1, -0.05) is 0 Å². The molecule has 0 radical (unpaired) electrons. The summed E-state index contributed by atoms with van der Waals surface area (Å²) in [6.45, 7) is 3.85. The van der Waals surface area contributed by atoms with E-state index in [0.29, 0.717) is 31.4 Å². The van der Waals surface area contributed by atoms with E-state index in [2.05, 4.69) is 25.9 Å². The number of carbonyl (C=O) groups is 1. The standard InChI is InChI=1S/C30H32F3N5O2/c31-30(32,33)22-3-5-23(6-4-22)40-19-20-2-1-13-38(17-20)27(39)18-37-14-9-21(10-15-37)24-7-11-34-26-16-36-29-25(28(24)26)8-12-35-29/h3-8,11-12,16,20-21,34H,1-2,9-10,13-15,17-19H2. The number of rotatable bonds is 6. The number of nitrogens with zero attached hydrogens (tertiary/aromatic N) is 4. The Morgan fingerprint density at radius 2 is 1.82 bits per heavy atom. The number of fused-ring (bicyclic) bond motifs is 3. The van der Waals surface area contributed by atoms with Gasteiger partial charge < -0.3 is 14.6 Å². The minimum Gasteiger partial charge on any atom is -0.493 e. The summed E-state index contributed by atoms with van der Waals surface area (Å²) in [4.78, 5) is 29.5. The molecule has 2 aliphatic heterocycles. The number of ether oxygens (including phenoxy) is 1. The van der Waals surface area contributed by atoms with E-state index in [1.165, 1.54) is 23.1 Å². The fourth-order valence-electron chi connectivity index (χ4n) is 6.10. The molecule has 6 rings (SSSR count). The van der Waals surface area contributed by atoms with Gasteiger partial charge in [-0.2, -0.15) is 13.2 Å². The van der Waals surface area contributed by atoms with Crippen LogP contribution in [0.5, 0.6) is 5.75 Å². The molecule has 1 atom stereocenters. The Kier molecular flexibility index (Phi) is 7.35. The fraction of sp³-hybridized carbons (Fsp3) is 0.433. The summed E-state index contributed by atoms with van der Waals surface area (Å²) in [5, 5.41) is 2.27. The van der Waals surface area contributed by atoms with Crippen LogP contribution in [0, 0.1) is 5.92 Å². The highest BCUT2D eigenvalue weighted by Crippen LogP contribution is 2.35. The molecule has 1 aromatic carbocycles. The summed E-state index contributed by atoms with van der Waals surface area (Å²) < 4.78 is 44.1. The number of aromatic amines is 1. The van der Waals surface area contributed by atoms with Gasteiger partial charge in [0.05, 0.1) is 30.4 Å². The van der Waals surface area contributed by atoms with Crippen molar-refractivity contribution in [3.05, 3.63) is 66.1 Å². The number of alkyl halides is 3. The number of carbonyl (C=O) groups excluding carboxylic acids is 1. The van der Waals surface area contributed by atoms with Crippen LogP contribution in [0.3, 0.4) is 0 Å². The monoisotopic (exact) mass is 551 g/mol. The maximum absolute atomic E-state index is 13.2. The molecule has 210 valence electrons. The zero-order valence-electron chi connectivity index (χ0n) is 22.2. The van der Waals surface area contributed by atoms with Crippen molar-refractivity contribution in [3.63, 3.8) is 0 Å². The molecule has 40 heavy (non-hydrogen) atoms. The number of likely N-dealkylation sites (tertiary alicyclic amines) is 2. The molecule has 2 aliphatic rings. The van der Waals surface area contributed by atoms with E-state index in [4.69, 9.17) is 4.74 Å². The number of pyridine rings is 2. The normalized spacial score (nSPS) is 19.4. The van der Waals surface area contributed by atoms with Gasteiger partial charge >= 0.3 is 6.18 Å². The van der Waals surface area contributed by atoms with Gasteiger partial charge in [-0.05, 0) is 86.7 Å². The number of piperidine rings is 2. The van der Waals surface area contributed by atoms with E-state index in [-0.39, 0.29) is 11.8 Å². The van der Waals surface area contributed by atoms with Crippen molar-refractivity contribution in [3.8, 4) is 5.75 Å². The number of aromatic nitrogens is 3. The van der Waals surface area contributed by atoms with Gasteiger partial charge in [-0.15, -0.1) is 0 Å². The Morgan fingerprint density at radius 3 is 2.60 bits per heavy atom. The van der Waals surface area contributed by atoms with Gasteiger partial charge in [0, 0.05) is 42.2 Å². The summed E-state index contributed by atoms with van der Waals surface area (Å²) in [6, 6.07) is 8.96. The molecule has 0 saturated carbocycles. The summed E-state index contributed by atoms with van der Waals surface area (Å²) in [5.41, 5.74) is 2.40.